The van der Waals surface area contributed by atoms with Crippen LogP contribution in [0.5, 0.6) is 0 Å². The fraction of sp³-hybridized carbons (Fsp3) is 0.550. The lowest BCUT2D eigenvalue weighted by atomic mass is 9.97. The van der Waals surface area contributed by atoms with Crippen LogP contribution >= 0.6 is 0 Å². The average molecular weight is 442 g/mol. The van der Waals surface area contributed by atoms with Crippen LogP contribution in [0.25, 0.3) is 0 Å². The molecule has 0 radical (unpaired) electrons. The van der Waals surface area contributed by atoms with E-state index >= 15 is 0 Å². The van der Waals surface area contributed by atoms with Gasteiger partial charge in [-0.05, 0) is 56.3 Å². The molecule has 1 atom stereocenters. The number of carboxylic acid groups (broad SMARTS) is 1. The summed E-state index contributed by atoms with van der Waals surface area (Å²) >= 11 is 0. The van der Waals surface area contributed by atoms with E-state index < -0.39 is 12.1 Å². The van der Waals surface area contributed by atoms with Gasteiger partial charge >= 0.3 is 12.1 Å². The van der Waals surface area contributed by atoms with E-state index in [0.717, 1.165) is 56.8 Å². The number of aliphatic carboxylic acids is 1. The first kappa shape index (κ1) is 22.9. The first-order chi connectivity index (χ1) is 14.7. The minimum atomic E-state index is -5.08. The van der Waals surface area contributed by atoms with E-state index in [2.05, 4.69) is 20.4 Å². The summed E-state index contributed by atoms with van der Waals surface area (Å²) in [6, 6.07) is 3.90. The van der Waals surface area contributed by atoms with Gasteiger partial charge in [-0.3, -0.25) is 14.8 Å². The molecule has 1 unspecified atom stereocenters. The number of aromatic nitrogens is 2. The highest BCUT2D eigenvalue weighted by Crippen LogP contribution is 2.23. The minimum Gasteiger partial charge on any atom is -0.475 e. The number of nitrogens with one attached hydrogen (secondary N) is 2. The molecule has 2 aromatic heterocycles. The van der Waals surface area contributed by atoms with Gasteiger partial charge in [0, 0.05) is 12.2 Å². The fourth-order valence-corrected chi connectivity index (χ4v) is 3.89. The number of carbonyl (C=O) groups is 2. The number of fused-ring (bicyclic) bond motifs is 1. The highest BCUT2D eigenvalue weighted by molar-refractivity contribution is 5.79. The number of alkyl halides is 3. The van der Waals surface area contributed by atoms with Crippen LogP contribution in [-0.4, -0.2) is 51.3 Å². The summed E-state index contributed by atoms with van der Waals surface area (Å²) in [6.45, 7) is 3.14. The Hall–Kier alpha value is -2.82. The zero-order valence-electron chi connectivity index (χ0n) is 16.9. The maximum atomic E-state index is 12.5. The average Bonchev–Trinajstić information content (AvgIpc) is 3.45. The first-order valence-electron chi connectivity index (χ1n) is 10.1. The molecule has 1 amide bonds. The Balaban J connectivity index is 0.000000339. The molecule has 0 spiro atoms. The predicted molar refractivity (Wildman–Crippen MR) is 103 cm³/mol. The molecule has 0 saturated carbocycles. The summed E-state index contributed by atoms with van der Waals surface area (Å²) in [4.78, 5) is 23.7. The quantitative estimate of drug-likeness (QED) is 0.657. The van der Waals surface area contributed by atoms with Crippen LogP contribution in [0.1, 0.15) is 42.0 Å². The molecule has 170 valence electrons. The highest BCUT2D eigenvalue weighted by atomic mass is 19.4. The van der Waals surface area contributed by atoms with Crippen molar-refractivity contribution in [2.45, 2.75) is 51.4 Å². The van der Waals surface area contributed by atoms with Gasteiger partial charge in [-0.2, -0.15) is 18.3 Å². The summed E-state index contributed by atoms with van der Waals surface area (Å²) in [7, 11) is 0. The maximum Gasteiger partial charge on any atom is 0.490 e. The molecular formula is C20H25F3N4O4. The Bertz CT molecular complexity index is 880. The molecule has 2 aromatic rings. The van der Waals surface area contributed by atoms with Crippen molar-refractivity contribution < 1.29 is 32.3 Å². The molecule has 31 heavy (non-hydrogen) atoms. The maximum absolute atomic E-state index is 12.5. The van der Waals surface area contributed by atoms with Gasteiger partial charge in [-0.15, -0.1) is 0 Å². The number of furan rings is 1. The molecule has 4 rings (SSSR count). The van der Waals surface area contributed by atoms with Crippen molar-refractivity contribution in [1.29, 1.82) is 0 Å². The van der Waals surface area contributed by atoms with E-state index in [9.17, 15) is 18.0 Å². The zero-order chi connectivity index (χ0) is 22.4. The number of H-pyrrole nitrogens is 1. The lowest BCUT2D eigenvalue weighted by Gasteiger charge is -2.31. The second kappa shape index (κ2) is 9.99. The lowest BCUT2D eigenvalue weighted by Crippen LogP contribution is -2.42. The van der Waals surface area contributed by atoms with Crippen LogP contribution in [0.4, 0.5) is 13.2 Å². The molecule has 11 heteroatoms. The van der Waals surface area contributed by atoms with Crippen molar-refractivity contribution in [2.75, 3.05) is 13.1 Å². The van der Waals surface area contributed by atoms with Crippen molar-refractivity contribution in [1.82, 2.24) is 20.4 Å². The molecule has 3 N–H and O–H groups in total. The van der Waals surface area contributed by atoms with E-state index in [-0.39, 0.29) is 11.8 Å². The summed E-state index contributed by atoms with van der Waals surface area (Å²) < 4.78 is 37.2. The van der Waals surface area contributed by atoms with Crippen molar-refractivity contribution in [2.24, 2.45) is 5.92 Å². The van der Waals surface area contributed by atoms with E-state index in [1.165, 1.54) is 17.7 Å². The zero-order valence-corrected chi connectivity index (χ0v) is 16.9. The van der Waals surface area contributed by atoms with Crippen molar-refractivity contribution in [3.05, 3.63) is 41.1 Å². The van der Waals surface area contributed by atoms with Crippen LogP contribution in [-0.2, 0) is 35.5 Å². The summed E-state index contributed by atoms with van der Waals surface area (Å²) in [5.74, 6) is -1.59. The predicted octanol–water partition coefficient (Wildman–Crippen LogP) is 2.65. The number of likely N-dealkylation sites (tertiary alicyclic amines) is 1. The Morgan fingerprint density at radius 1 is 1.32 bits per heavy atom. The van der Waals surface area contributed by atoms with Crippen LogP contribution in [0.15, 0.2) is 22.8 Å². The molecule has 0 bridgehead atoms. The van der Waals surface area contributed by atoms with Crippen molar-refractivity contribution >= 4 is 11.9 Å². The Morgan fingerprint density at radius 3 is 2.77 bits per heavy atom. The number of nitrogens with zero attached hydrogens (tertiary/aromatic N) is 2. The third-order valence-electron chi connectivity index (χ3n) is 5.40. The second-order valence-electron chi connectivity index (χ2n) is 7.66. The number of carbonyl (C=O) groups excluding carboxylic acids is 1. The summed E-state index contributed by atoms with van der Waals surface area (Å²) in [5.41, 5.74) is 3.58. The topological polar surface area (TPSA) is 111 Å². The van der Waals surface area contributed by atoms with Crippen LogP contribution in [0.2, 0.25) is 0 Å². The van der Waals surface area contributed by atoms with Crippen LogP contribution in [0, 0.1) is 5.92 Å². The normalized spacial score (nSPS) is 18.7. The van der Waals surface area contributed by atoms with Crippen LogP contribution < -0.4 is 5.32 Å². The second-order valence-corrected chi connectivity index (χ2v) is 7.66. The fourth-order valence-electron chi connectivity index (χ4n) is 3.89. The number of piperidine rings is 1. The number of amides is 1. The molecule has 1 fully saturated rings. The molecule has 0 aromatic carbocycles. The molecule has 3 heterocycles. The lowest BCUT2D eigenvalue weighted by molar-refractivity contribution is -0.192. The molecule has 1 aliphatic heterocycles. The molecule has 1 saturated heterocycles. The SMILES string of the molecule is O=C(NCc1n[nH]c2c1CCC2)C1CCCN(Cc2ccco2)C1.O=C(O)C(F)(F)F. The Kier molecular flexibility index (Phi) is 7.37. The molecule has 2 aliphatic rings. The number of hydrogen-bond acceptors (Lipinski definition) is 5. The van der Waals surface area contributed by atoms with Gasteiger partial charge in [0.15, 0.2) is 0 Å². The first-order valence-corrected chi connectivity index (χ1v) is 10.1. The van der Waals surface area contributed by atoms with E-state index in [1.54, 1.807) is 6.26 Å². The van der Waals surface area contributed by atoms with Gasteiger partial charge in [0.2, 0.25) is 5.91 Å². The standard InChI is InChI=1S/C18H24N4O2.C2HF3O2/c23-18(19-10-17-15-6-1-7-16(15)20-21-17)13-4-2-8-22(11-13)12-14-5-3-9-24-14;3-2(4,5)1(6)7/h3,5,9,13H,1-2,4,6-8,10-12H2,(H,19,23)(H,20,21);(H,6,7). The highest BCUT2D eigenvalue weighted by Gasteiger charge is 2.38. The summed E-state index contributed by atoms with van der Waals surface area (Å²) in [5, 5.41) is 17.7. The van der Waals surface area contributed by atoms with Gasteiger partial charge in [0.1, 0.15) is 5.76 Å². The summed E-state index contributed by atoms with van der Waals surface area (Å²) in [6.07, 6.45) is 1.98. The van der Waals surface area contributed by atoms with Gasteiger partial charge in [-0.25, -0.2) is 4.79 Å². The molecule has 1 aliphatic carbocycles. The van der Waals surface area contributed by atoms with Crippen molar-refractivity contribution in [3.8, 4) is 0 Å². The Morgan fingerprint density at radius 2 is 2.10 bits per heavy atom. The van der Waals surface area contributed by atoms with Crippen LogP contribution in [0.3, 0.4) is 0 Å². The Labute approximate surface area is 176 Å². The van der Waals surface area contributed by atoms with Gasteiger partial charge in [0.05, 0.1) is 31.0 Å². The number of halogens is 3. The van der Waals surface area contributed by atoms with Gasteiger partial charge in [-0.1, -0.05) is 0 Å². The van der Waals surface area contributed by atoms with E-state index in [0.29, 0.717) is 6.54 Å². The van der Waals surface area contributed by atoms with Gasteiger partial charge < -0.3 is 14.8 Å². The number of carboxylic acids is 1. The monoisotopic (exact) mass is 442 g/mol. The minimum absolute atomic E-state index is 0.0562. The van der Waals surface area contributed by atoms with E-state index in [4.69, 9.17) is 14.3 Å². The third-order valence-corrected chi connectivity index (χ3v) is 5.40. The third kappa shape index (κ3) is 6.33. The van der Waals surface area contributed by atoms with Crippen molar-refractivity contribution in [3.63, 3.8) is 0 Å². The number of hydrogen-bond donors (Lipinski definition) is 3. The van der Waals surface area contributed by atoms with Gasteiger partial charge in [0.25, 0.3) is 0 Å². The number of rotatable bonds is 5. The largest absolute Gasteiger partial charge is 0.490 e. The van der Waals surface area contributed by atoms with E-state index in [1.807, 2.05) is 12.1 Å². The smallest absolute Gasteiger partial charge is 0.475 e. The number of aromatic amines is 1. The molecular weight excluding hydrogens is 417 g/mol. The molecule has 8 nitrogen and oxygen atoms in total. The number of aryl methyl sites for hydroxylation is 1.